The van der Waals surface area contributed by atoms with Gasteiger partial charge in [-0.25, -0.2) is 4.79 Å². The molecule has 0 fully saturated rings. The van der Waals surface area contributed by atoms with Gasteiger partial charge >= 0.3 is 5.97 Å². The lowest BCUT2D eigenvalue weighted by Crippen LogP contribution is -2.31. The van der Waals surface area contributed by atoms with E-state index in [1.807, 2.05) is 6.07 Å². The normalized spacial score (nSPS) is 12.2. The molecule has 26 heavy (non-hydrogen) atoms. The predicted octanol–water partition coefficient (Wildman–Crippen LogP) is 4.82. The molecular formula is C21H26N2O2S. The van der Waals surface area contributed by atoms with Gasteiger partial charge in [-0.15, -0.1) is 0 Å². The first-order chi connectivity index (χ1) is 12.2. The van der Waals surface area contributed by atoms with Gasteiger partial charge in [-0.05, 0) is 53.9 Å². The van der Waals surface area contributed by atoms with Crippen LogP contribution < -0.4 is 10.6 Å². The van der Waals surface area contributed by atoms with Crippen molar-refractivity contribution in [2.24, 2.45) is 0 Å². The summed E-state index contributed by atoms with van der Waals surface area (Å²) < 4.78 is 4.74. The quantitative estimate of drug-likeness (QED) is 0.597. The molecule has 2 N–H and O–H groups in total. The Morgan fingerprint density at radius 1 is 1.12 bits per heavy atom. The number of hydrogen-bond donors (Lipinski definition) is 2. The van der Waals surface area contributed by atoms with Gasteiger partial charge in [-0.2, -0.15) is 0 Å². The molecule has 0 aliphatic carbocycles. The second kappa shape index (κ2) is 8.32. The minimum Gasteiger partial charge on any atom is -0.465 e. The van der Waals surface area contributed by atoms with E-state index in [0.29, 0.717) is 10.7 Å². The van der Waals surface area contributed by atoms with E-state index in [0.717, 1.165) is 11.3 Å². The third-order valence-corrected chi connectivity index (χ3v) is 4.39. The fraction of sp³-hybridized carbons (Fsp3) is 0.333. The molecule has 2 aromatic rings. The fourth-order valence-electron chi connectivity index (χ4n) is 2.56. The Balaban J connectivity index is 2.00. The van der Waals surface area contributed by atoms with Crippen molar-refractivity contribution in [1.82, 2.24) is 5.32 Å². The first-order valence-electron chi connectivity index (χ1n) is 8.57. The lowest BCUT2D eigenvalue weighted by molar-refractivity contribution is 0.0601. The number of nitrogens with one attached hydrogen (secondary N) is 2. The van der Waals surface area contributed by atoms with Gasteiger partial charge in [0.15, 0.2) is 5.11 Å². The molecule has 0 heterocycles. The maximum absolute atomic E-state index is 11.6. The Kier molecular flexibility index (Phi) is 6.37. The largest absolute Gasteiger partial charge is 0.465 e. The van der Waals surface area contributed by atoms with Crippen LogP contribution in [0, 0.1) is 0 Å². The number of methoxy groups -OCH3 is 1. The molecular weight excluding hydrogens is 344 g/mol. The van der Waals surface area contributed by atoms with Crippen LogP contribution in [0.2, 0.25) is 0 Å². The van der Waals surface area contributed by atoms with E-state index in [9.17, 15) is 4.79 Å². The summed E-state index contributed by atoms with van der Waals surface area (Å²) in [5.74, 6) is -0.375. The van der Waals surface area contributed by atoms with Gasteiger partial charge in [0.2, 0.25) is 0 Å². The van der Waals surface area contributed by atoms with Gasteiger partial charge in [0.1, 0.15) is 0 Å². The lowest BCUT2D eigenvalue weighted by Gasteiger charge is -2.21. The lowest BCUT2D eigenvalue weighted by atomic mass is 9.86. The van der Waals surface area contributed by atoms with Crippen LogP contribution in [0.3, 0.4) is 0 Å². The number of esters is 1. The SMILES string of the molecule is COC(=O)c1cccc(NC(=S)NC(C)c2ccc(C(C)(C)C)cc2)c1. The zero-order valence-electron chi connectivity index (χ0n) is 15.9. The molecule has 0 bridgehead atoms. The highest BCUT2D eigenvalue weighted by Gasteiger charge is 2.14. The topological polar surface area (TPSA) is 50.4 Å². The smallest absolute Gasteiger partial charge is 0.337 e. The summed E-state index contributed by atoms with van der Waals surface area (Å²) >= 11 is 5.40. The third kappa shape index (κ3) is 5.30. The first kappa shape index (κ1) is 19.9. The van der Waals surface area contributed by atoms with Gasteiger partial charge in [0.25, 0.3) is 0 Å². The Hall–Kier alpha value is -2.40. The van der Waals surface area contributed by atoms with E-state index in [1.165, 1.54) is 12.7 Å². The highest BCUT2D eigenvalue weighted by atomic mass is 32.1. The molecule has 0 aliphatic rings. The summed E-state index contributed by atoms with van der Waals surface area (Å²) in [4.78, 5) is 11.6. The van der Waals surface area contributed by atoms with Crippen LogP contribution in [-0.4, -0.2) is 18.2 Å². The van der Waals surface area contributed by atoms with Gasteiger partial charge in [-0.1, -0.05) is 51.1 Å². The van der Waals surface area contributed by atoms with Crippen molar-refractivity contribution in [3.8, 4) is 0 Å². The standard InChI is InChI=1S/C21H26N2O2S/c1-14(15-9-11-17(12-10-15)21(2,3)4)22-20(26)23-18-8-6-7-16(13-18)19(24)25-5/h6-14H,1-5H3,(H2,22,23,26). The molecule has 0 radical (unpaired) electrons. The number of carbonyl (C=O) groups is 1. The molecule has 1 atom stereocenters. The molecule has 2 rings (SSSR count). The number of carbonyl (C=O) groups excluding carboxylic acids is 1. The van der Waals surface area contributed by atoms with Crippen LogP contribution in [-0.2, 0) is 10.2 Å². The van der Waals surface area contributed by atoms with Gasteiger partial charge in [-0.3, -0.25) is 0 Å². The fourth-order valence-corrected chi connectivity index (χ4v) is 2.86. The molecule has 0 saturated carbocycles. The molecule has 4 nitrogen and oxygen atoms in total. The minimum absolute atomic E-state index is 0.0628. The van der Waals surface area contributed by atoms with E-state index in [4.69, 9.17) is 17.0 Å². The number of ether oxygens (including phenoxy) is 1. The highest BCUT2D eigenvalue weighted by molar-refractivity contribution is 7.80. The van der Waals surface area contributed by atoms with Gasteiger partial charge in [0, 0.05) is 5.69 Å². The number of anilines is 1. The van der Waals surface area contributed by atoms with Crippen molar-refractivity contribution < 1.29 is 9.53 Å². The first-order valence-corrected chi connectivity index (χ1v) is 8.98. The molecule has 0 aliphatic heterocycles. The summed E-state index contributed by atoms with van der Waals surface area (Å²) in [6.07, 6.45) is 0. The average molecular weight is 371 g/mol. The van der Waals surface area contributed by atoms with E-state index in [1.54, 1.807) is 18.2 Å². The Morgan fingerprint density at radius 2 is 1.77 bits per heavy atom. The van der Waals surface area contributed by atoms with Gasteiger partial charge in [0.05, 0.1) is 18.7 Å². The monoisotopic (exact) mass is 370 g/mol. The highest BCUT2D eigenvalue weighted by Crippen LogP contribution is 2.24. The zero-order valence-corrected chi connectivity index (χ0v) is 16.7. The van der Waals surface area contributed by atoms with Crippen molar-refractivity contribution in [3.63, 3.8) is 0 Å². The Morgan fingerprint density at radius 3 is 2.35 bits per heavy atom. The van der Waals surface area contributed by atoms with E-state index in [2.05, 4.69) is 62.6 Å². The average Bonchev–Trinajstić information content (AvgIpc) is 2.60. The number of rotatable bonds is 4. The predicted molar refractivity (Wildman–Crippen MR) is 111 cm³/mol. The molecule has 0 aromatic heterocycles. The van der Waals surface area contributed by atoms with Crippen molar-refractivity contribution in [1.29, 1.82) is 0 Å². The van der Waals surface area contributed by atoms with Gasteiger partial charge < -0.3 is 15.4 Å². The summed E-state index contributed by atoms with van der Waals surface area (Å²) in [6, 6.07) is 15.7. The molecule has 1 unspecified atom stereocenters. The summed E-state index contributed by atoms with van der Waals surface area (Å²) in [5.41, 5.74) is 3.81. The summed E-state index contributed by atoms with van der Waals surface area (Å²) in [5, 5.41) is 6.88. The van der Waals surface area contributed by atoms with Crippen LogP contribution in [0.4, 0.5) is 5.69 Å². The van der Waals surface area contributed by atoms with E-state index >= 15 is 0 Å². The van der Waals surface area contributed by atoms with E-state index < -0.39 is 0 Å². The Bertz CT molecular complexity index is 779. The number of hydrogen-bond acceptors (Lipinski definition) is 3. The second-order valence-electron chi connectivity index (χ2n) is 7.26. The molecule has 0 amide bonds. The Labute approximate surface area is 161 Å². The summed E-state index contributed by atoms with van der Waals surface area (Å²) in [7, 11) is 1.36. The maximum Gasteiger partial charge on any atom is 0.337 e. The van der Waals surface area contributed by atoms with Crippen LogP contribution >= 0.6 is 12.2 Å². The molecule has 0 saturated heterocycles. The van der Waals surface area contributed by atoms with Crippen LogP contribution in [0.15, 0.2) is 48.5 Å². The van der Waals surface area contributed by atoms with Crippen molar-refractivity contribution in [3.05, 3.63) is 65.2 Å². The van der Waals surface area contributed by atoms with Crippen molar-refractivity contribution in [2.75, 3.05) is 12.4 Å². The number of thiocarbonyl (C=S) groups is 1. The minimum atomic E-state index is -0.375. The van der Waals surface area contributed by atoms with Crippen molar-refractivity contribution in [2.45, 2.75) is 39.2 Å². The zero-order chi connectivity index (χ0) is 19.3. The van der Waals surface area contributed by atoms with E-state index in [-0.39, 0.29) is 17.4 Å². The second-order valence-corrected chi connectivity index (χ2v) is 7.67. The molecule has 2 aromatic carbocycles. The molecule has 138 valence electrons. The van der Waals surface area contributed by atoms with Crippen molar-refractivity contribution >= 4 is 29.0 Å². The third-order valence-electron chi connectivity index (χ3n) is 4.17. The number of benzene rings is 2. The summed E-state index contributed by atoms with van der Waals surface area (Å²) in [6.45, 7) is 8.66. The molecule has 5 heteroatoms. The van der Waals surface area contributed by atoms with Crippen LogP contribution in [0.5, 0.6) is 0 Å². The van der Waals surface area contributed by atoms with Crippen LogP contribution in [0.25, 0.3) is 0 Å². The van der Waals surface area contributed by atoms with Crippen LogP contribution in [0.1, 0.15) is 55.2 Å². The molecule has 0 spiro atoms. The maximum atomic E-state index is 11.6.